The van der Waals surface area contributed by atoms with Gasteiger partial charge in [0.05, 0.1) is 7.11 Å². The summed E-state index contributed by atoms with van der Waals surface area (Å²) in [5, 5.41) is 3.67. The summed E-state index contributed by atoms with van der Waals surface area (Å²) in [5.74, 6) is 3.48. The van der Waals surface area contributed by atoms with Crippen molar-refractivity contribution in [2.45, 2.75) is 25.4 Å². The Bertz CT molecular complexity index is 336. The van der Waals surface area contributed by atoms with Crippen LogP contribution in [0.25, 0.3) is 0 Å². The van der Waals surface area contributed by atoms with Crippen molar-refractivity contribution in [3.63, 3.8) is 0 Å². The molecule has 1 N–H and O–H groups in total. The molecule has 2 atom stereocenters. The van der Waals surface area contributed by atoms with Crippen molar-refractivity contribution in [1.29, 1.82) is 0 Å². The number of methoxy groups -OCH3 is 1. The van der Waals surface area contributed by atoms with Crippen molar-refractivity contribution in [3.8, 4) is 5.75 Å². The average Bonchev–Trinajstić information content (AvgIpc) is 2.82. The Labute approximate surface area is 102 Å². The Morgan fingerprint density at radius 1 is 1.50 bits per heavy atom. The van der Waals surface area contributed by atoms with Gasteiger partial charge in [0, 0.05) is 17.8 Å². The van der Waals surface area contributed by atoms with Gasteiger partial charge in [0.2, 0.25) is 0 Å². The minimum Gasteiger partial charge on any atom is -0.497 e. The molecule has 1 fully saturated rings. The second-order valence-electron chi connectivity index (χ2n) is 4.23. The highest BCUT2D eigenvalue weighted by atomic mass is 32.2. The second kappa shape index (κ2) is 5.60. The predicted molar refractivity (Wildman–Crippen MR) is 70.3 cm³/mol. The Balaban J connectivity index is 1.98. The van der Waals surface area contributed by atoms with Gasteiger partial charge in [0.1, 0.15) is 5.75 Å². The van der Waals surface area contributed by atoms with Crippen LogP contribution in [-0.2, 0) is 0 Å². The van der Waals surface area contributed by atoms with Crippen LogP contribution < -0.4 is 10.1 Å². The molecule has 3 heteroatoms. The number of hydrogen-bond donors (Lipinski definition) is 1. The fraction of sp³-hybridized carbons (Fsp3) is 0.538. The molecule has 0 saturated carbocycles. The van der Waals surface area contributed by atoms with E-state index in [1.807, 2.05) is 17.8 Å². The molecule has 88 valence electrons. The van der Waals surface area contributed by atoms with E-state index >= 15 is 0 Å². The van der Waals surface area contributed by atoms with Crippen LogP contribution in [0.1, 0.15) is 24.9 Å². The topological polar surface area (TPSA) is 21.3 Å². The van der Waals surface area contributed by atoms with Crippen molar-refractivity contribution >= 4 is 11.8 Å². The van der Waals surface area contributed by atoms with E-state index in [1.54, 1.807) is 7.11 Å². The fourth-order valence-corrected chi connectivity index (χ4v) is 3.19. The van der Waals surface area contributed by atoms with Gasteiger partial charge in [-0.05, 0) is 36.8 Å². The van der Waals surface area contributed by atoms with Crippen LogP contribution in [0.5, 0.6) is 5.75 Å². The molecule has 0 spiro atoms. The third-order valence-electron chi connectivity index (χ3n) is 3.01. The number of ether oxygens (including phenoxy) is 1. The maximum absolute atomic E-state index is 5.24. The number of nitrogens with one attached hydrogen (secondary N) is 1. The van der Waals surface area contributed by atoms with Crippen LogP contribution in [0, 0.1) is 0 Å². The summed E-state index contributed by atoms with van der Waals surface area (Å²) in [7, 11) is 1.71. The Morgan fingerprint density at radius 2 is 2.38 bits per heavy atom. The quantitative estimate of drug-likeness (QED) is 0.870. The van der Waals surface area contributed by atoms with Gasteiger partial charge < -0.3 is 10.1 Å². The van der Waals surface area contributed by atoms with Crippen molar-refractivity contribution in [3.05, 3.63) is 29.8 Å². The monoisotopic (exact) mass is 237 g/mol. The van der Waals surface area contributed by atoms with Crippen molar-refractivity contribution in [2.24, 2.45) is 0 Å². The number of hydrogen-bond acceptors (Lipinski definition) is 3. The summed E-state index contributed by atoms with van der Waals surface area (Å²) < 4.78 is 5.24. The molecule has 1 unspecified atom stereocenters. The van der Waals surface area contributed by atoms with Gasteiger partial charge >= 0.3 is 0 Å². The largest absolute Gasteiger partial charge is 0.497 e. The standard InChI is InChI=1S/C13H19NOS/c1-10(14-12-6-7-16-9-12)11-4-3-5-13(8-11)15-2/h3-5,8,10,12,14H,6-7,9H2,1-2H3/t10-,12?/m1/s1. The van der Waals surface area contributed by atoms with Gasteiger partial charge in [-0.1, -0.05) is 12.1 Å². The Morgan fingerprint density at radius 3 is 3.06 bits per heavy atom. The van der Waals surface area contributed by atoms with Gasteiger partial charge in [-0.3, -0.25) is 0 Å². The van der Waals surface area contributed by atoms with E-state index < -0.39 is 0 Å². The predicted octanol–water partition coefficient (Wildman–Crippen LogP) is 2.85. The van der Waals surface area contributed by atoms with E-state index in [2.05, 4.69) is 30.4 Å². The van der Waals surface area contributed by atoms with Gasteiger partial charge in [0.15, 0.2) is 0 Å². The molecule has 2 nitrogen and oxygen atoms in total. The summed E-state index contributed by atoms with van der Waals surface area (Å²) in [6, 6.07) is 9.38. The van der Waals surface area contributed by atoms with E-state index in [9.17, 15) is 0 Å². The molecule has 16 heavy (non-hydrogen) atoms. The van der Waals surface area contributed by atoms with Crippen LogP contribution in [0.2, 0.25) is 0 Å². The van der Waals surface area contributed by atoms with Crippen LogP contribution >= 0.6 is 11.8 Å². The second-order valence-corrected chi connectivity index (χ2v) is 5.38. The lowest BCUT2D eigenvalue weighted by atomic mass is 10.1. The zero-order valence-corrected chi connectivity index (χ0v) is 10.7. The van der Waals surface area contributed by atoms with Crippen LogP contribution in [-0.4, -0.2) is 24.7 Å². The van der Waals surface area contributed by atoms with Crippen LogP contribution in [0.15, 0.2) is 24.3 Å². The molecule has 0 bridgehead atoms. The normalized spacial score (nSPS) is 22.0. The highest BCUT2D eigenvalue weighted by Gasteiger charge is 2.17. The number of rotatable bonds is 4. The SMILES string of the molecule is COc1cccc([C@@H](C)NC2CCSC2)c1. The first-order chi connectivity index (χ1) is 7.79. The molecular formula is C13H19NOS. The zero-order chi connectivity index (χ0) is 11.4. The third kappa shape index (κ3) is 2.92. The van der Waals surface area contributed by atoms with Gasteiger partial charge in [0.25, 0.3) is 0 Å². The summed E-state index contributed by atoms with van der Waals surface area (Å²) in [5.41, 5.74) is 1.30. The van der Waals surface area contributed by atoms with Crippen molar-refractivity contribution < 1.29 is 4.74 Å². The molecule has 0 aromatic heterocycles. The first-order valence-electron chi connectivity index (χ1n) is 5.77. The lowest BCUT2D eigenvalue weighted by Crippen LogP contribution is -2.31. The highest BCUT2D eigenvalue weighted by molar-refractivity contribution is 7.99. The molecule has 0 aliphatic carbocycles. The summed E-state index contributed by atoms with van der Waals surface area (Å²) in [6.45, 7) is 2.22. The Hall–Kier alpha value is -0.670. The minimum atomic E-state index is 0.402. The van der Waals surface area contributed by atoms with E-state index in [-0.39, 0.29) is 0 Å². The lowest BCUT2D eigenvalue weighted by molar-refractivity contribution is 0.412. The van der Waals surface area contributed by atoms with E-state index in [4.69, 9.17) is 4.74 Å². The highest BCUT2D eigenvalue weighted by Crippen LogP contribution is 2.23. The fourth-order valence-electron chi connectivity index (χ4n) is 2.03. The maximum atomic E-state index is 5.24. The molecule has 1 aromatic carbocycles. The molecule has 2 rings (SSSR count). The summed E-state index contributed by atoms with van der Waals surface area (Å²) in [6.07, 6.45) is 1.29. The van der Waals surface area contributed by atoms with E-state index in [0.29, 0.717) is 12.1 Å². The van der Waals surface area contributed by atoms with Crippen LogP contribution in [0.3, 0.4) is 0 Å². The Kier molecular flexibility index (Phi) is 4.13. The molecule has 1 aliphatic rings. The molecule has 1 saturated heterocycles. The van der Waals surface area contributed by atoms with E-state index in [1.165, 1.54) is 23.5 Å². The molecule has 1 aromatic rings. The molecule has 0 radical (unpaired) electrons. The summed E-state index contributed by atoms with van der Waals surface area (Å²) in [4.78, 5) is 0. The van der Waals surface area contributed by atoms with Crippen molar-refractivity contribution in [1.82, 2.24) is 5.32 Å². The van der Waals surface area contributed by atoms with E-state index in [0.717, 1.165) is 5.75 Å². The number of thioether (sulfide) groups is 1. The number of benzene rings is 1. The molecule has 1 aliphatic heterocycles. The van der Waals surface area contributed by atoms with Gasteiger partial charge in [-0.15, -0.1) is 0 Å². The lowest BCUT2D eigenvalue weighted by Gasteiger charge is -2.19. The molecule has 1 heterocycles. The smallest absolute Gasteiger partial charge is 0.119 e. The first-order valence-corrected chi connectivity index (χ1v) is 6.93. The zero-order valence-electron chi connectivity index (χ0n) is 9.90. The maximum Gasteiger partial charge on any atom is 0.119 e. The first kappa shape index (κ1) is 11.8. The minimum absolute atomic E-state index is 0.402. The van der Waals surface area contributed by atoms with Crippen molar-refractivity contribution in [2.75, 3.05) is 18.6 Å². The molecular weight excluding hydrogens is 218 g/mol. The summed E-state index contributed by atoms with van der Waals surface area (Å²) >= 11 is 2.04. The van der Waals surface area contributed by atoms with Gasteiger partial charge in [-0.2, -0.15) is 11.8 Å². The average molecular weight is 237 g/mol. The van der Waals surface area contributed by atoms with Crippen LogP contribution in [0.4, 0.5) is 0 Å². The molecule has 0 amide bonds. The van der Waals surface area contributed by atoms with Gasteiger partial charge in [-0.25, -0.2) is 0 Å². The third-order valence-corrected chi connectivity index (χ3v) is 4.17.